The fourth-order valence-corrected chi connectivity index (χ4v) is 2.45. The van der Waals surface area contributed by atoms with Crippen LogP contribution in [0.3, 0.4) is 0 Å². The minimum atomic E-state index is 0.553. The number of methoxy groups -OCH3 is 2. The second-order valence-electron chi connectivity index (χ2n) is 6.15. The summed E-state index contributed by atoms with van der Waals surface area (Å²) >= 11 is 0. The second-order valence-corrected chi connectivity index (χ2v) is 6.15. The minimum Gasteiger partial charge on any atom is -0.493 e. The van der Waals surface area contributed by atoms with Gasteiger partial charge in [0.05, 0.1) is 20.8 Å². The molecule has 0 amide bonds. The Bertz CT molecular complexity index is 520. The summed E-state index contributed by atoms with van der Waals surface area (Å²) in [4.78, 5) is 4.26. The molecule has 25 heavy (non-hydrogen) atoms. The predicted octanol–water partition coefficient (Wildman–Crippen LogP) is 3.20. The maximum atomic E-state index is 5.63. The third kappa shape index (κ3) is 7.11. The molecule has 1 aromatic rings. The second kappa shape index (κ2) is 11.4. The van der Waals surface area contributed by atoms with Crippen molar-refractivity contribution >= 4 is 5.96 Å². The van der Waals surface area contributed by atoms with Gasteiger partial charge in [0.2, 0.25) is 5.75 Å². The summed E-state index contributed by atoms with van der Waals surface area (Å²) in [5.74, 6) is 3.47. The number of ether oxygens (including phenoxy) is 3. The highest BCUT2D eigenvalue weighted by atomic mass is 16.5. The first-order chi connectivity index (χ1) is 12.0. The van der Waals surface area contributed by atoms with Crippen LogP contribution in [0.15, 0.2) is 17.1 Å². The van der Waals surface area contributed by atoms with Crippen molar-refractivity contribution < 1.29 is 14.2 Å². The van der Waals surface area contributed by atoms with Gasteiger partial charge in [0.25, 0.3) is 0 Å². The van der Waals surface area contributed by atoms with Crippen LogP contribution < -0.4 is 24.8 Å². The molecule has 6 heteroatoms. The SMILES string of the molecule is CCOc1c(OC)cc(CNC(=NC)NCCCC(C)C)cc1OC. The van der Waals surface area contributed by atoms with Crippen molar-refractivity contribution in [2.24, 2.45) is 10.9 Å². The van der Waals surface area contributed by atoms with E-state index in [4.69, 9.17) is 14.2 Å². The average molecular weight is 351 g/mol. The van der Waals surface area contributed by atoms with E-state index in [2.05, 4.69) is 29.5 Å². The van der Waals surface area contributed by atoms with E-state index in [1.807, 2.05) is 19.1 Å². The molecule has 0 aliphatic rings. The van der Waals surface area contributed by atoms with Gasteiger partial charge in [0.15, 0.2) is 17.5 Å². The summed E-state index contributed by atoms with van der Waals surface area (Å²) < 4.78 is 16.5. The number of hydrogen-bond acceptors (Lipinski definition) is 4. The van der Waals surface area contributed by atoms with Crippen molar-refractivity contribution in [3.63, 3.8) is 0 Å². The van der Waals surface area contributed by atoms with Crippen LogP contribution in [0.2, 0.25) is 0 Å². The molecule has 1 rings (SSSR count). The Balaban J connectivity index is 2.68. The Morgan fingerprint density at radius 2 is 1.76 bits per heavy atom. The monoisotopic (exact) mass is 351 g/mol. The molecule has 0 heterocycles. The van der Waals surface area contributed by atoms with Crippen LogP contribution in [0.1, 0.15) is 39.2 Å². The van der Waals surface area contributed by atoms with E-state index in [-0.39, 0.29) is 0 Å². The summed E-state index contributed by atoms with van der Waals surface area (Å²) in [5.41, 5.74) is 1.03. The molecule has 0 bridgehead atoms. The molecule has 0 fully saturated rings. The lowest BCUT2D eigenvalue weighted by molar-refractivity contribution is 0.288. The van der Waals surface area contributed by atoms with Gasteiger partial charge in [-0.05, 0) is 43.4 Å². The van der Waals surface area contributed by atoms with Gasteiger partial charge in [-0.2, -0.15) is 0 Å². The molecule has 0 unspecified atom stereocenters. The average Bonchev–Trinajstić information content (AvgIpc) is 2.61. The highest BCUT2D eigenvalue weighted by Gasteiger charge is 2.14. The van der Waals surface area contributed by atoms with Crippen molar-refractivity contribution in [2.45, 2.75) is 40.2 Å². The number of nitrogens with one attached hydrogen (secondary N) is 2. The van der Waals surface area contributed by atoms with Gasteiger partial charge in [-0.1, -0.05) is 13.8 Å². The fourth-order valence-electron chi connectivity index (χ4n) is 2.45. The zero-order valence-electron chi connectivity index (χ0n) is 16.4. The molecule has 0 aromatic heterocycles. The maximum absolute atomic E-state index is 5.63. The zero-order valence-corrected chi connectivity index (χ0v) is 16.4. The molecule has 142 valence electrons. The lowest BCUT2D eigenvalue weighted by Gasteiger charge is -2.16. The van der Waals surface area contributed by atoms with Crippen LogP contribution in [0, 0.1) is 5.92 Å². The van der Waals surface area contributed by atoms with Gasteiger partial charge in [-0.25, -0.2) is 0 Å². The number of guanidine groups is 1. The highest BCUT2D eigenvalue weighted by Crippen LogP contribution is 2.38. The first-order valence-corrected chi connectivity index (χ1v) is 8.87. The third-order valence-electron chi connectivity index (χ3n) is 3.74. The third-order valence-corrected chi connectivity index (χ3v) is 3.74. The number of benzene rings is 1. The molecule has 0 atom stereocenters. The number of aliphatic imine (C=N–C) groups is 1. The Morgan fingerprint density at radius 1 is 1.12 bits per heavy atom. The zero-order chi connectivity index (χ0) is 18.7. The van der Waals surface area contributed by atoms with Crippen LogP contribution in [0.4, 0.5) is 0 Å². The van der Waals surface area contributed by atoms with E-state index >= 15 is 0 Å². The molecule has 0 saturated carbocycles. The van der Waals surface area contributed by atoms with E-state index in [1.165, 1.54) is 6.42 Å². The molecule has 0 radical (unpaired) electrons. The summed E-state index contributed by atoms with van der Waals surface area (Å²) in [5, 5.41) is 6.65. The first kappa shape index (κ1) is 20.9. The molecular weight excluding hydrogens is 318 g/mol. The van der Waals surface area contributed by atoms with E-state index in [1.54, 1.807) is 21.3 Å². The normalized spacial score (nSPS) is 11.4. The molecule has 0 aliphatic carbocycles. The summed E-state index contributed by atoms with van der Waals surface area (Å²) in [6, 6.07) is 3.90. The van der Waals surface area contributed by atoms with E-state index < -0.39 is 0 Å². The highest BCUT2D eigenvalue weighted by molar-refractivity contribution is 5.79. The fraction of sp³-hybridized carbons (Fsp3) is 0.632. The van der Waals surface area contributed by atoms with Gasteiger partial charge < -0.3 is 24.8 Å². The van der Waals surface area contributed by atoms with Crippen molar-refractivity contribution in [3.8, 4) is 17.2 Å². The van der Waals surface area contributed by atoms with Gasteiger partial charge in [-0.3, -0.25) is 4.99 Å². The van der Waals surface area contributed by atoms with E-state index in [0.717, 1.165) is 30.4 Å². The minimum absolute atomic E-state index is 0.553. The summed E-state index contributed by atoms with van der Waals surface area (Å²) in [7, 11) is 5.03. The van der Waals surface area contributed by atoms with Gasteiger partial charge in [0, 0.05) is 20.1 Å². The first-order valence-electron chi connectivity index (χ1n) is 8.87. The van der Waals surface area contributed by atoms with Crippen LogP contribution in [0.5, 0.6) is 17.2 Å². The lowest BCUT2D eigenvalue weighted by atomic mass is 10.1. The number of rotatable bonds is 10. The molecule has 2 N–H and O–H groups in total. The Hall–Kier alpha value is -2.11. The van der Waals surface area contributed by atoms with Crippen LogP contribution in [0.25, 0.3) is 0 Å². The largest absolute Gasteiger partial charge is 0.493 e. The van der Waals surface area contributed by atoms with Crippen molar-refractivity contribution in [2.75, 3.05) is 34.4 Å². The standard InChI is InChI=1S/C19H33N3O3/c1-7-25-18-16(23-5)11-15(12-17(18)24-6)13-22-19(20-4)21-10-8-9-14(2)3/h11-12,14H,7-10,13H2,1-6H3,(H2,20,21,22). The molecular formula is C19H33N3O3. The van der Waals surface area contributed by atoms with Crippen molar-refractivity contribution in [1.82, 2.24) is 10.6 Å². The Kier molecular flexibility index (Phi) is 9.58. The summed E-state index contributed by atoms with van der Waals surface area (Å²) in [6.45, 7) is 8.48. The van der Waals surface area contributed by atoms with Crippen LogP contribution >= 0.6 is 0 Å². The number of hydrogen-bond donors (Lipinski definition) is 2. The van der Waals surface area contributed by atoms with E-state index in [9.17, 15) is 0 Å². The molecule has 0 saturated heterocycles. The van der Waals surface area contributed by atoms with Gasteiger partial charge >= 0.3 is 0 Å². The molecule has 0 aliphatic heterocycles. The maximum Gasteiger partial charge on any atom is 0.203 e. The van der Waals surface area contributed by atoms with Crippen LogP contribution in [-0.4, -0.2) is 40.4 Å². The Labute approximate surface area is 152 Å². The smallest absolute Gasteiger partial charge is 0.203 e. The molecule has 6 nitrogen and oxygen atoms in total. The van der Waals surface area contributed by atoms with Crippen molar-refractivity contribution in [3.05, 3.63) is 17.7 Å². The molecule has 0 spiro atoms. The van der Waals surface area contributed by atoms with E-state index in [0.29, 0.717) is 30.4 Å². The van der Waals surface area contributed by atoms with Crippen LogP contribution in [-0.2, 0) is 6.54 Å². The predicted molar refractivity (Wildman–Crippen MR) is 103 cm³/mol. The quantitative estimate of drug-likeness (QED) is 0.385. The van der Waals surface area contributed by atoms with Gasteiger partial charge in [-0.15, -0.1) is 0 Å². The number of nitrogens with zero attached hydrogens (tertiary/aromatic N) is 1. The van der Waals surface area contributed by atoms with Gasteiger partial charge in [0.1, 0.15) is 0 Å². The lowest BCUT2D eigenvalue weighted by Crippen LogP contribution is -2.37. The summed E-state index contributed by atoms with van der Waals surface area (Å²) in [6.07, 6.45) is 2.33. The molecule has 1 aromatic carbocycles. The Morgan fingerprint density at radius 3 is 2.24 bits per heavy atom. The van der Waals surface area contributed by atoms with Crippen molar-refractivity contribution in [1.29, 1.82) is 0 Å². The topological polar surface area (TPSA) is 64.1 Å².